The third-order valence-corrected chi connectivity index (χ3v) is 3.74. The Morgan fingerprint density at radius 2 is 2.00 bits per heavy atom. The second-order valence-corrected chi connectivity index (χ2v) is 4.88. The monoisotopic (exact) mass is 312 g/mol. The summed E-state index contributed by atoms with van der Waals surface area (Å²) in [7, 11) is 2.19. The summed E-state index contributed by atoms with van der Waals surface area (Å²) in [6.45, 7) is 8.66. The summed E-state index contributed by atoms with van der Waals surface area (Å²) in [5.74, 6) is 0. The van der Waals surface area contributed by atoms with Crippen LogP contribution in [0.2, 0.25) is 0 Å². The Morgan fingerprint density at radius 3 is 2.36 bits per heavy atom. The zero-order valence-corrected chi connectivity index (χ0v) is 11.5. The Balaban J connectivity index is 2.16. The number of nitrogens with zero attached hydrogens (tertiary/aromatic N) is 2. The highest BCUT2D eigenvalue weighted by Crippen LogP contribution is 2.09. The van der Waals surface area contributed by atoms with Crippen LogP contribution in [0.1, 0.15) is 13.8 Å². The highest BCUT2D eigenvalue weighted by Gasteiger charge is 2.23. The lowest BCUT2D eigenvalue weighted by Crippen LogP contribution is -2.49. The van der Waals surface area contributed by atoms with E-state index in [0.717, 1.165) is 30.9 Å². The van der Waals surface area contributed by atoms with Gasteiger partial charge in [0, 0.05) is 19.1 Å². The molecule has 1 rings (SSSR count). The normalized spacial score (nSPS) is 18.2. The number of ether oxygens (including phenoxy) is 1. The number of halogens is 1. The fourth-order valence-electron chi connectivity index (χ4n) is 1.40. The zero-order valence-electron chi connectivity index (χ0n) is 9.37. The second-order valence-electron chi connectivity index (χ2n) is 4.20. The van der Waals surface area contributed by atoms with Gasteiger partial charge in [-0.3, -0.25) is 9.80 Å². The summed E-state index contributed by atoms with van der Waals surface area (Å²) in [6.07, 6.45) is 0. The first-order valence-corrected chi connectivity index (χ1v) is 6.75. The van der Waals surface area contributed by atoms with Gasteiger partial charge < -0.3 is 4.74 Å². The van der Waals surface area contributed by atoms with Gasteiger partial charge in [-0.25, -0.2) is 0 Å². The number of likely N-dealkylation sites (N-methyl/N-ethyl adjacent to an activating group) is 1. The molecule has 0 atom stereocenters. The summed E-state index contributed by atoms with van der Waals surface area (Å²) in [5, 5.41) is 0. The third kappa shape index (κ3) is 3.64. The molecule has 1 saturated heterocycles. The summed E-state index contributed by atoms with van der Waals surface area (Å²) in [4.78, 5) is 4.89. The Kier molecular flexibility index (Phi) is 5.66. The average molecular weight is 312 g/mol. The zero-order chi connectivity index (χ0) is 10.6. The van der Waals surface area contributed by atoms with Gasteiger partial charge in [-0.05, 0) is 20.9 Å². The molecule has 0 amide bonds. The Hall–Kier alpha value is 0.610. The van der Waals surface area contributed by atoms with Crippen molar-refractivity contribution in [1.29, 1.82) is 0 Å². The van der Waals surface area contributed by atoms with Gasteiger partial charge in [-0.2, -0.15) is 0 Å². The molecule has 1 fully saturated rings. The minimum Gasteiger partial charge on any atom is -0.378 e. The molecule has 0 aromatic heterocycles. The predicted molar refractivity (Wildman–Crippen MR) is 68.0 cm³/mol. The molecule has 3 nitrogen and oxygen atoms in total. The maximum atomic E-state index is 5.18. The van der Waals surface area contributed by atoms with Crippen molar-refractivity contribution >= 4 is 22.6 Å². The molecular formula is C10H21IN2O. The van der Waals surface area contributed by atoms with Crippen molar-refractivity contribution in [3.63, 3.8) is 0 Å². The van der Waals surface area contributed by atoms with E-state index < -0.39 is 0 Å². The molecule has 0 aromatic carbocycles. The van der Waals surface area contributed by atoms with Crippen molar-refractivity contribution in [2.45, 2.75) is 25.9 Å². The van der Waals surface area contributed by atoms with Crippen molar-refractivity contribution in [3.05, 3.63) is 0 Å². The van der Waals surface area contributed by atoms with Crippen LogP contribution in [-0.2, 0) is 4.74 Å². The molecule has 84 valence electrons. The largest absolute Gasteiger partial charge is 0.378 e. The van der Waals surface area contributed by atoms with Crippen molar-refractivity contribution < 1.29 is 4.74 Å². The van der Waals surface area contributed by atoms with E-state index >= 15 is 0 Å². The first kappa shape index (κ1) is 12.7. The molecule has 1 aliphatic rings. The van der Waals surface area contributed by atoms with Gasteiger partial charge in [0.2, 0.25) is 0 Å². The number of hydrogen-bond donors (Lipinski definition) is 0. The number of rotatable bonds is 6. The smallest absolute Gasteiger partial charge is 0.0645 e. The molecule has 0 unspecified atom stereocenters. The maximum Gasteiger partial charge on any atom is 0.0645 e. The van der Waals surface area contributed by atoms with Gasteiger partial charge in [0.25, 0.3) is 0 Å². The maximum absolute atomic E-state index is 5.18. The van der Waals surface area contributed by atoms with Crippen molar-refractivity contribution in [2.75, 3.05) is 37.9 Å². The molecule has 14 heavy (non-hydrogen) atoms. The SMILES string of the molecule is CC(C)N(CI)CCN(C)C1COC1. The van der Waals surface area contributed by atoms with Crippen molar-refractivity contribution in [1.82, 2.24) is 9.80 Å². The van der Waals surface area contributed by atoms with Crippen LogP contribution in [0.4, 0.5) is 0 Å². The second kappa shape index (κ2) is 6.25. The van der Waals surface area contributed by atoms with Gasteiger partial charge >= 0.3 is 0 Å². The van der Waals surface area contributed by atoms with Crippen LogP contribution >= 0.6 is 22.6 Å². The van der Waals surface area contributed by atoms with Crippen LogP contribution in [0.5, 0.6) is 0 Å². The molecule has 0 radical (unpaired) electrons. The highest BCUT2D eigenvalue weighted by atomic mass is 127. The van der Waals surface area contributed by atoms with Crippen LogP contribution in [0.25, 0.3) is 0 Å². The van der Waals surface area contributed by atoms with E-state index in [2.05, 4.69) is 53.3 Å². The van der Waals surface area contributed by atoms with Gasteiger partial charge in [0.05, 0.1) is 23.8 Å². The average Bonchev–Trinajstić information content (AvgIpc) is 2.01. The highest BCUT2D eigenvalue weighted by molar-refractivity contribution is 14.1. The standard InChI is InChI=1S/C10H21IN2O/c1-9(2)13(8-11)5-4-12(3)10-6-14-7-10/h9-10H,4-8H2,1-3H3. The van der Waals surface area contributed by atoms with E-state index in [1.54, 1.807) is 0 Å². The summed E-state index contributed by atoms with van der Waals surface area (Å²) >= 11 is 2.43. The summed E-state index contributed by atoms with van der Waals surface area (Å²) in [5.41, 5.74) is 0. The number of hydrogen-bond acceptors (Lipinski definition) is 3. The first-order chi connectivity index (χ1) is 6.65. The quantitative estimate of drug-likeness (QED) is 0.419. The molecule has 0 N–H and O–H groups in total. The van der Waals surface area contributed by atoms with Gasteiger partial charge in [0.1, 0.15) is 0 Å². The van der Waals surface area contributed by atoms with Gasteiger partial charge in [0.15, 0.2) is 0 Å². The van der Waals surface area contributed by atoms with Gasteiger partial charge in [-0.1, -0.05) is 22.6 Å². The molecule has 0 aliphatic carbocycles. The minimum atomic E-state index is 0.651. The van der Waals surface area contributed by atoms with Crippen molar-refractivity contribution in [3.8, 4) is 0 Å². The van der Waals surface area contributed by atoms with E-state index in [-0.39, 0.29) is 0 Å². The van der Waals surface area contributed by atoms with E-state index in [9.17, 15) is 0 Å². The van der Waals surface area contributed by atoms with E-state index in [1.807, 2.05) is 0 Å². The van der Waals surface area contributed by atoms with E-state index in [1.165, 1.54) is 0 Å². The molecule has 4 heteroatoms. The Bertz CT molecular complexity index is 162. The Morgan fingerprint density at radius 1 is 1.36 bits per heavy atom. The van der Waals surface area contributed by atoms with Crippen LogP contribution < -0.4 is 0 Å². The number of alkyl halides is 1. The first-order valence-electron chi connectivity index (χ1n) is 5.23. The molecule has 0 saturated carbocycles. The fraction of sp³-hybridized carbons (Fsp3) is 1.00. The minimum absolute atomic E-state index is 0.651. The molecule has 0 aromatic rings. The van der Waals surface area contributed by atoms with Crippen LogP contribution in [0, 0.1) is 0 Å². The predicted octanol–water partition coefficient (Wildman–Crippen LogP) is 1.42. The van der Waals surface area contributed by atoms with E-state index in [0.29, 0.717) is 12.1 Å². The molecule has 0 spiro atoms. The fourth-order valence-corrected chi connectivity index (χ4v) is 2.53. The molecule has 0 bridgehead atoms. The van der Waals surface area contributed by atoms with Crippen LogP contribution in [0.15, 0.2) is 0 Å². The molecular weight excluding hydrogens is 291 g/mol. The van der Waals surface area contributed by atoms with E-state index in [4.69, 9.17) is 4.74 Å². The Labute approximate surface area is 101 Å². The van der Waals surface area contributed by atoms with Crippen LogP contribution in [0.3, 0.4) is 0 Å². The topological polar surface area (TPSA) is 15.7 Å². The lowest BCUT2D eigenvalue weighted by atomic mass is 10.2. The lowest BCUT2D eigenvalue weighted by Gasteiger charge is -2.36. The van der Waals surface area contributed by atoms with Crippen LogP contribution in [-0.4, -0.2) is 59.8 Å². The molecule has 1 heterocycles. The summed E-state index contributed by atoms with van der Waals surface area (Å²) in [6, 6.07) is 1.32. The third-order valence-electron chi connectivity index (χ3n) is 2.87. The van der Waals surface area contributed by atoms with Crippen molar-refractivity contribution in [2.24, 2.45) is 0 Å². The summed E-state index contributed by atoms with van der Waals surface area (Å²) < 4.78 is 6.30. The molecule has 1 aliphatic heterocycles. The van der Waals surface area contributed by atoms with Gasteiger partial charge in [-0.15, -0.1) is 0 Å². The lowest BCUT2D eigenvalue weighted by molar-refractivity contribution is -0.0576.